The lowest BCUT2D eigenvalue weighted by Crippen LogP contribution is -2.46. The number of hydrogen-bond acceptors (Lipinski definition) is 3. The summed E-state index contributed by atoms with van der Waals surface area (Å²) in [6.07, 6.45) is 0.964. The highest BCUT2D eigenvalue weighted by Crippen LogP contribution is 2.23. The van der Waals surface area contributed by atoms with Crippen LogP contribution >= 0.6 is 0 Å². The predicted octanol–water partition coefficient (Wildman–Crippen LogP) is 2.69. The van der Waals surface area contributed by atoms with E-state index >= 15 is 0 Å². The average Bonchev–Trinajstić information content (AvgIpc) is 3.05. The highest BCUT2D eigenvalue weighted by molar-refractivity contribution is 6.04. The third-order valence-corrected chi connectivity index (χ3v) is 5.12. The number of fused-ring (bicyclic) bond motifs is 2. The van der Waals surface area contributed by atoms with Crippen molar-refractivity contribution < 1.29 is 4.79 Å². The maximum Gasteiger partial charge on any atom is 0.274 e. The van der Waals surface area contributed by atoms with Gasteiger partial charge in [-0.15, -0.1) is 0 Å². The van der Waals surface area contributed by atoms with E-state index in [9.17, 15) is 4.79 Å². The van der Waals surface area contributed by atoms with Crippen LogP contribution in [-0.4, -0.2) is 52.6 Å². The second-order valence-electron chi connectivity index (χ2n) is 6.85. The van der Waals surface area contributed by atoms with Gasteiger partial charge in [0.05, 0.1) is 5.52 Å². The fourth-order valence-electron chi connectivity index (χ4n) is 3.63. The van der Waals surface area contributed by atoms with Gasteiger partial charge in [-0.1, -0.05) is 42.5 Å². The predicted molar refractivity (Wildman–Crippen MR) is 98.5 cm³/mol. The zero-order valence-corrected chi connectivity index (χ0v) is 14.6. The monoisotopic (exact) mass is 334 g/mol. The van der Waals surface area contributed by atoms with Crippen molar-refractivity contribution in [1.29, 1.82) is 0 Å². The van der Waals surface area contributed by atoms with Crippen LogP contribution in [0.1, 0.15) is 21.6 Å². The molecular weight excluding hydrogens is 312 g/mol. The minimum atomic E-state index is -0.0373. The number of aromatic amines is 1. The van der Waals surface area contributed by atoms with Crippen LogP contribution < -0.4 is 0 Å². The Morgan fingerprint density at radius 1 is 1.20 bits per heavy atom. The number of rotatable bonds is 3. The van der Waals surface area contributed by atoms with Gasteiger partial charge in [-0.25, -0.2) is 0 Å². The fraction of sp³-hybridized carbons (Fsp3) is 0.300. The van der Waals surface area contributed by atoms with Crippen LogP contribution in [0.3, 0.4) is 0 Å². The number of carbonyl (C=O) groups is 1. The van der Waals surface area contributed by atoms with Gasteiger partial charge in [0.15, 0.2) is 5.69 Å². The first kappa shape index (κ1) is 15.8. The maximum atomic E-state index is 12.9. The van der Waals surface area contributed by atoms with Crippen LogP contribution in [0.2, 0.25) is 0 Å². The Hall–Kier alpha value is -2.66. The van der Waals surface area contributed by atoms with Crippen molar-refractivity contribution >= 4 is 16.8 Å². The molecule has 25 heavy (non-hydrogen) atoms. The van der Waals surface area contributed by atoms with Crippen LogP contribution in [0.15, 0.2) is 48.5 Å². The Balaban J connectivity index is 1.52. The van der Waals surface area contributed by atoms with Crippen molar-refractivity contribution in [3.63, 3.8) is 0 Å². The summed E-state index contributed by atoms with van der Waals surface area (Å²) in [6.45, 7) is 1.61. The summed E-state index contributed by atoms with van der Waals surface area (Å²) in [5, 5.41) is 8.05. The lowest BCUT2D eigenvalue weighted by atomic mass is 9.94. The summed E-state index contributed by atoms with van der Waals surface area (Å²) in [4.78, 5) is 17.0. The molecule has 5 nitrogen and oxygen atoms in total. The molecule has 0 fully saturated rings. The van der Waals surface area contributed by atoms with E-state index in [1.807, 2.05) is 31.3 Å². The maximum absolute atomic E-state index is 12.9. The molecule has 3 aromatic rings. The van der Waals surface area contributed by atoms with Crippen molar-refractivity contribution in [2.75, 3.05) is 20.6 Å². The topological polar surface area (TPSA) is 52.2 Å². The normalized spacial score (nSPS) is 17.4. The van der Waals surface area contributed by atoms with E-state index in [4.69, 9.17) is 0 Å². The third kappa shape index (κ3) is 2.91. The van der Waals surface area contributed by atoms with E-state index in [1.165, 1.54) is 11.1 Å². The van der Waals surface area contributed by atoms with Crippen LogP contribution in [0.4, 0.5) is 0 Å². The molecule has 1 aromatic heterocycles. The van der Waals surface area contributed by atoms with Crippen molar-refractivity contribution in [3.8, 4) is 0 Å². The van der Waals surface area contributed by atoms with E-state index in [0.717, 1.165) is 23.9 Å². The quantitative estimate of drug-likeness (QED) is 0.801. The molecule has 1 atom stereocenters. The van der Waals surface area contributed by atoms with Crippen LogP contribution in [-0.2, 0) is 13.0 Å². The first-order chi connectivity index (χ1) is 12.1. The molecule has 2 aromatic carbocycles. The highest BCUT2D eigenvalue weighted by atomic mass is 16.2. The summed E-state index contributed by atoms with van der Waals surface area (Å²) in [5.74, 6) is -0.0373. The second kappa shape index (κ2) is 6.33. The molecule has 0 spiro atoms. The molecular formula is C20H22N4O. The zero-order valence-electron chi connectivity index (χ0n) is 14.6. The number of hydrogen-bond donors (Lipinski definition) is 1. The molecule has 2 heterocycles. The standard InChI is InChI=1S/C20H22N4O/c1-23-12-15-8-4-3-7-14(15)11-16(23)13-24(2)20(25)19-17-9-5-6-10-18(17)21-22-19/h3-10,16H,11-13H2,1-2H3,(H,21,22). The molecule has 0 bridgehead atoms. The number of H-pyrrole nitrogens is 1. The molecule has 1 aliphatic heterocycles. The molecule has 1 aliphatic rings. The van der Waals surface area contributed by atoms with Gasteiger partial charge in [0, 0.05) is 31.6 Å². The van der Waals surface area contributed by atoms with Gasteiger partial charge in [-0.2, -0.15) is 5.10 Å². The largest absolute Gasteiger partial charge is 0.339 e. The molecule has 1 N–H and O–H groups in total. The first-order valence-electron chi connectivity index (χ1n) is 8.59. The van der Waals surface area contributed by atoms with Crippen molar-refractivity contribution in [3.05, 3.63) is 65.4 Å². The number of nitrogens with one attached hydrogen (secondary N) is 1. The fourth-order valence-corrected chi connectivity index (χ4v) is 3.63. The number of benzene rings is 2. The molecule has 1 unspecified atom stereocenters. The third-order valence-electron chi connectivity index (χ3n) is 5.12. The molecule has 0 aliphatic carbocycles. The van der Waals surface area contributed by atoms with E-state index < -0.39 is 0 Å². The summed E-state index contributed by atoms with van der Waals surface area (Å²) in [6, 6.07) is 16.6. The van der Waals surface area contributed by atoms with Crippen LogP contribution in [0.5, 0.6) is 0 Å². The summed E-state index contributed by atoms with van der Waals surface area (Å²) in [7, 11) is 3.99. The second-order valence-corrected chi connectivity index (χ2v) is 6.85. The summed E-state index contributed by atoms with van der Waals surface area (Å²) >= 11 is 0. The van der Waals surface area contributed by atoms with Gasteiger partial charge in [-0.3, -0.25) is 14.8 Å². The molecule has 0 saturated heterocycles. The minimum Gasteiger partial charge on any atom is -0.339 e. The lowest BCUT2D eigenvalue weighted by molar-refractivity contribution is 0.0729. The molecule has 1 amide bonds. The SMILES string of the molecule is CN(CC1Cc2ccccc2CN1C)C(=O)c1n[nH]c2ccccc12. The van der Waals surface area contributed by atoms with Crippen molar-refractivity contribution in [1.82, 2.24) is 20.0 Å². The highest BCUT2D eigenvalue weighted by Gasteiger charge is 2.27. The van der Waals surface area contributed by atoms with Gasteiger partial charge >= 0.3 is 0 Å². The first-order valence-corrected chi connectivity index (χ1v) is 8.59. The summed E-state index contributed by atoms with van der Waals surface area (Å²) in [5.41, 5.74) is 4.16. The Morgan fingerprint density at radius 2 is 1.92 bits per heavy atom. The number of para-hydroxylation sites is 1. The lowest BCUT2D eigenvalue weighted by Gasteiger charge is -2.36. The number of nitrogens with zero attached hydrogens (tertiary/aromatic N) is 3. The van der Waals surface area contributed by atoms with Crippen molar-refractivity contribution in [2.24, 2.45) is 0 Å². The van der Waals surface area contributed by atoms with Gasteiger partial charge in [0.2, 0.25) is 0 Å². The van der Waals surface area contributed by atoms with Gasteiger partial charge in [0.25, 0.3) is 5.91 Å². The summed E-state index contributed by atoms with van der Waals surface area (Å²) < 4.78 is 0. The number of likely N-dealkylation sites (N-methyl/N-ethyl adjacent to an activating group) is 2. The van der Waals surface area contributed by atoms with Crippen LogP contribution in [0, 0.1) is 0 Å². The van der Waals surface area contributed by atoms with Gasteiger partial charge in [-0.05, 0) is 30.7 Å². The number of carbonyl (C=O) groups excluding carboxylic acids is 1. The van der Waals surface area contributed by atoms with E-state index in [0.29, 0.717) is 18.3 Å². The van der Waals surface area contributed by atoms with Gasteiger partial charge < -0.3 is 4.90 Å². The van der Waals surface area contributed by atoms with Gasteiger partial charge in [0.1, 0.15) is 0 Å². The molecule has 4 rings (SSSR count). The van der Waals surface area contributed by atoms with E-state index in [-0.39, 0.29) is 5.91 Å². The number of amides is 1. The van der Waals surface area contributed by atoms with Crippen LogP contribution in [0.25, 0.3) is 10.9 Å². The zero-order chi connectivity index (χ0) is 17.4. The Kier molecular flexibility index (Phi) is 4.01. The van der Waals surface area contributed by atoms with E-state index in [2.05, 4.69) is 46.4 Å². The van der Waals surface area contributed by atoms with Crippen molar-refractivity contribution in [2.45, 2.75) is 19.0 Å². The van der Waals surface area contributed by atoms with E-state index in [1.54, 1.807) is 4.90 Å². The number of aromatic nitrogens is 2. The Bertz CT molecular complexity index is 917. The Morgan fingerprint density at radius 3 is 2.76 bits per heavy atom. The minimum absolute atomic E-state index is 0.0373. The molecule has 128 valence electrons. The Labute approximate surface area is 147 Å². The molecule has 5 heteroatoms. The molecule has 0 saturated carbocycles. The average molecular weight is 334 g/mol. The smallest absolute Gasteiger partial charge is 0.274 e. The molecule has 0 radical (unpaired) electrons.